The van der Waals surface area contributed by atoms with Crippen molar-refractivity contribution in [1.82, 2.24) is 0 Å². The van der Waals surface area contributed by atoms with Gasteiger partial charge in [0.2, 0.25) is 0 Å². The monoisotopic (exact) mass is 390 g/mol. The van der Waals surface area contributed by atoms with Crippen molar-refractivity contribution < 1.29 is 9.53 Å². The molecule has 4 atom stereocenters. The number of esters is 1. The summed E-state index contributed by atoms with van der Waals surface area (Å²) in [4.78, 5) is 13.0. The number of hydrogen-bond donors (Lipinski definition) is 0. The van der Waals surface area contributed by atoms with Gasteiger partial charge in [0.05, 0.1) is 13.0 Å². The molecule has 146 valence electrons. The fourth-order valence-electron chi connectivity index (χ4n) is 5.94. The molecule has 1 fully saturated rings. The summed E-state index contributed by atoms with van der Waals surface area (Å²) in [6, 6.07) is 32.2. The first-order chi connectivity index (χ1) is 14.8. The number of carbonyl (C=O) groups is 1. The highest BCUT2D eigenvalue weighted by Gasteiger charge is 2.58. The first kappa shape index (κ1) is 17.5. The minimum Gasteiger partial charge on any atom is -0.469 e. The van der Waals surface area contributed by atoms with Crippen molar-refractivity contribution in [3.63, 3.8) is 0 Å². The Labute approximate surface area is 176 Å². The number of benzene rings is 4. The van der Waals surface area contributed by atoms with Gasteiger partial charge in [-0.1, -0.05) is 91.0 Å². The van der Waals surface area contributed by atoms with Crippen LogP contribution in [0.5, 0.6) is 0 Å². The van der Waals surface area contributed by atoms with Gasteiger partial charge in [0.15, 0.2) is 0 Å². The maximum atomic E-state index is 13.0. The van der Waals surface area contributed by atoms with Gasteiger partial charge in [-0.05, 0) is 38.6 Å². The van der Waals surface area contributed by atoms with E-state index < -0.39 is 0 Å². The normalized spacial score (nSPS) is 23.6. The topological polar surface area (TPSA) is 26.3 Å². The van der Waals surface area contributed by atoms with Gasteiger partial charge in [-0.15, -0.1) is 0 Å². The summed E-state index contributed by atoms with van der Waals surface area (Å²) in [6.45, 7) is 0. The smallest absolute Gasteiger partial charge is 0.309 e. The summed E-state index contributed by atoms with van der Waals surface area (Å²) in [6.07, 6.45) is 0. The predicted molar refractivity (Wildman–Crippen MR) is 120 cm³/mol. The third-order valence-electron chi connectivity index (χ3n) is 7.12. The van der Waals surface area contributed by atoms with E-state index in [0.29, 0.717) is 0 Å². The Morgan fingerprint density at radius 3 is 2.27 bits per heavy atom. The van der Waals surface area contributed by atoms with Gasteiger partial charge in [-0.2, -0.15) is 0 Å². The third kappa shape index (κ3) is 2.28. The van der Waals surface area contributed by atoms with Crippen LogP contribution in [0.25, 0.3) is 21.9 Å². The second-order valence-corrected chi connectivity index (χ2v) is 8.37. The summed E-state index contributed by atoms with van der Waals surface area (Å²) < 4.78 is 5.31. The predicted octanol–water partition coefficient (Wildman–Crippen LogP) is 6.27. The summed E-state index contributed by atoms with van der Waals surface area (Å²) in [5.74, 6) is 0.227. The Bertz CT molecular complexity index is 1270. The fraction of sp³-hybridized carbons (Fsp3) is 0.179. The second-order valence-electron chi connectivity index (χ2n) is 8.37. The quantitative estimate of drug-likeness (QED) is 0.377. The van der Waals surface area contributed by atoms with Crippen molar-refractivity contribution in [3.05, 3.63) is 108 Å². The SMILES string of the molecule is COC(=O)[C@@H]1[C@@H](c2ccccc2)[C@H]2c3c(ccc4ccccc34)-c3ccccc3[C@@H]12. The molecule has 30 heavy (non-hydrogen) atoms. The van der Waals surface area contributed by atoms with E-state index in [2.05, 4.69) is 84.9 Å². The number of hydrogen-bond acceptors (Lipinski definition) is 2. The van der Waals surface area contributed by atoms with Crippen molar-refractivity contribution in [1.29, 1.82) is 0 Å². The van der Waals surface area contributed by atoms with E-state index in [4.69, 9.17) is 4.74 Å². The molecule has 4 aromatic rings. The van der Waals surface area contributed by atoms with Gasteiger partial charge < -0.3 is 4.74 Å². The van der Waals surface area contributed by atoms with E-state index in [-0.39, 0.29) is 29.6 Å². The zero-order valence-electron chi connectivity index (χ0n) is 16.8. The molecular formula is C28H22O2. The average Bonchev–Trinajstić information content (AvgIpc) is 2.79. The number of ether oxygens (including phenoxy) is 1. The minimum atomic E-state index is -0.171. The summed E-state index contributed by atoms with van der Waals surface area (Å²) in [5, 5.41) is 2.55. The van der Waals surface area contributed by atoms with Crippen LogP contribution in [-0.2, 0) is 9.53 Å². The van der Waals surface area contributed by atoms with E-state index in [1.165, 1.54) is 45.7 Å². The number of rotatable bonds is 2. The second kappa shape index (κ2) is 6.56. The Morgan fingerprint density at radius 1 is 0.700 bits per heavy atom. The molecule has 2 nitrogen and oxygen atoms in total. The van der Waals surface area contributed by atoms with Crippen LogP contribution in [0.4, 0.5) is 0 Å². The van der Waals surface area contributed by atoms with Gasteiger partial charge >= 0.3 is 5.97 Å². The zero-order valence-corrected chi connectivity index (χ0v) is 16.8. The van der Waals surface area contributed by atoms with E-state index in [0.717, 1.165) is 0 Å². The lowest BCUT2D eigenvalue weighted by Crippen LogP contribution is -2.48. The molecule has 4 aromatic carbocycles. The number of fused-ring (bicyclic) bond motifs is 8. The van der Waals surface area contributed by atoms with Crippen LogP contribution in [0.15, 0.2) is 91.0 Å². The van der Waals surface area contributed by atoms with Crippen LogP contribution in [0.2, 0.25) is 0 Å². The molecule has 0 heterocycles. The molecule has 0 spiro atoms. The molecular weight excluding hydrogens is 368 g/mol. The maximum Gasteiger partial charge on any atom is 0.309 e. The lowest BCUT2D eigenvalue weighted by Gasteiger charge is -2.54. The van der Waals surface area contributed by atoms with Crippen LogP contribution < -0.4 is 0 Å². The summed E-state index contributed by atoms with van der Waals surface area (Å²) in [5.41, 5.74) is 6.42. The molecule has 0 N–H and O–H groups in total. The molecule has 2 heteroatoms. The summed E-state index contributed by atoms with van der Waals surface area (Å²) in [7, 11) is 1.51. The van der Waals surface area contributed by atoms with Crippen LogP contribution >= 0.6 is 0 Å². The molecule has 0 aliphatic heterocycles. The molecule has 2 aliphatic rings. The zero-order chi connectivity index (χ0) is 20.2. The third-order valence-corrected chi connectivity index (χ3v) is 7.12. The molecule has 0 radical (unpaired) electrons. The lowest BCUT2D eigenvalue weighted by molar-refractivity contribution is -0.151. The van der Waals surface area contributed by atoms with Gasteiger partial charge in [-0.3, -0.25) is 4.79 Å². The Hall–Kier alpha value is -3.39. The molecule has 0 unspecified atom stereocenters. The van der Waals surface area contributed by atoms with Gasteiger partial charge in [-0.25, -0.2) is 0 Å². The highest BCUT2D eigenvalue weighted by Crippen LogP contribution is 2.67. The van der Waals surface area contributed by atoms with E-state index in [1.807, 2.05) is 6.07 Å². The number of carbonyl (C=O) groups excluding carboxylic acids is 1. The van der Waals surface area contributed by atoms with Gasteiger partial charge in [0.1, 0.15) is 0 Å². The minimum absolute atomic E-state index is 0.108. The van der Waals surface area contributed by atoms with Crippen molar-refractivity contribution in [2.75, 3.05) is 7.11 Å². The molecule has 2 aliphatic carbocycles. The molecule has 6 rings (SSSR count). The molecule has 0 saturated heterocycles. The van der Waals surface area contributed by atoms with E-state index in [1.54, 1.807) is 0 Å². The molecule has 0 aromatic heterocycles. The van der Waals surface area contributed by atoms with Gasteiger partial charge in [0.25, 0.3) is 0 Å². The first-order valence-corrected chi connectivity index (χ1v) is 10.5. The molecule has 0 amide bonds. The van der Waals surface area contributed by atoms with E-state index in [9.17, 15) is 4.79 Å². The Kier molecular flexibility index (Phi) is 3.82. The standard InChI is InChI=1S/C28H22O2/c1-30-28(29)27-23(18-10-3-2-4-11-18)26-24-19-12-6-5-9-17(19)15-16-22(24)20-13-7-8-14-21(20)25(26)27/h2-16,23,25-27H,1H3/t23-,25+,26-,27+/m0/s1. The van der Waals surface area contributed by atoms with Crippen molar-refractivity contribution in [2.24, 2.45) is 5.92 Å². The number of methoxy groups -OCH3 is 1. The molecule has 1 saturated carbocycles. The van der Waals surface area contributed by atoms with Crippen LogP contribution in [0.1, 0.15) is 34.4 Å². The molecule has 0 bridgehead atoms. The van der Waals surface area contributed by atoms with Crippen molar-refractivity contribution >= 4 is 16.7 Å². The highest BCUT2D eigenvalue weighted by molar-refractivity contribution is 5.96. The fourth-order valence-corrected chi connectivity index (χ4v) is 5.94. The van der Waals surface area contributed by atoms with Crippen molar-refractivity contribution in [2.45, 2.75) is 17.8 Å². The van der Waals surface area contributed by atoms with Gasteiger partial charge in [0, 0.05) is 17.8 Å². The van der Waals surface area contributed by atoms with Crippen LogP contribution in [0.3, 0.4) is 0 Å². The first-order valence-electron chi connectivity index (χ1n) is 10.5. The lowest BCUT2D eigenvalue weighted by atomic mass is 9.47. The van der Waals surface area contributed by atoms with Crippen LogP contribution in [-0.4, -0.2) is 13.1 Å². The summed E-state index contributed by atoms with van der Waals surface area (Å²) >= 11 is 0. The Balaban J connectivity index is 1.66. The Morgan fingerprint density at radius 2 is 1.43 bits per heavy atom. The van der Waals surface area contributed by atoms with Crippen LogP contribution in [0, 0.1) is 5.92 Å². The largest absolute Gasteiger partial charge is 0.469 e. The van der Waals surface area contributed by atoms with E-state index >= 15 is 0 Å². The van der Waals surface area contributed by atoms with Crippen molar-refractivity contribution in [3.8, 4) is 11.1 Å². The highest BCUT2D eigenvalue weighted by atomic mass is 16.5. The maximum absolute atomic E-state index is 13.0. The average molecular weight is 390 g/mol.